The Kier molecular flexibility index (Phi) is 9.15. The maximum Gasteiger partial charge on any atom is 0.309 e. The van der Waals surface area contributed by atoms with Gasteiger partial charge in [-0.25, -0.2) is 26.9 Å². The van der Waals surface area contributed by atoms with E-state index < -0.39 is 45.7 Å². The van der Waals surface area contributed by atoms with Gasteiger partial charge in [-0.2, -0.15) is 0 Å². The number of halogens is 3. The molecule has 0 saturated carbocycles. The number of anilines is 1. The van der Waals surface area contributed by atoms with Gasteiger partial charge in [0.25, 0.3) is 5.91 Å². The average Bonchev–Trinajstić information content (AvgIpc) is 3.19. The monoisotopic (exact) mass is 620 g/mol. The van der Waals surface area contributed by atoms with E-state index in [1.54, 1.807) is 0 Å². The van der Waals surface area contributed by atoms with Crippen molar-refractivity contribution in [2.24, 2.45) is 0 Å². The van der Waals surface area contributed by atoms with E-state index in [1.165, 1.54) is 0 Å². The number of sulfonamides is 1. The van der Waals surface area contributed by atoms with Gasteiger partial charge in [0.15, 0.2) is 0 Å². The van der Waals surface area contributed by atoms with E-state index in [4.69, 9.17) is 4.42 Å². The van der Waals surface area contributed by atoms with Gasteiger partial charge < -0.3 is 20.2 Å². The Balaban J connectivity index is 1.71. The Hall–Kier alpha value is -2.62. The van der Waals surface area contributed by atoms with E-state index in [2.05, 4.69) is 38.2 Å². The van der Waals surface area contributed by atoms with Gasteiger partial charge in [0.2, 0.25) is 15.8 Å². The molecule has 13 heteroatoms. The van der Waals surface area contributed by atoms with Crippen LogP contribution in [0.5, 0.6) is 0 Å². The highest BCUT2D eigenvalue weighted by Gasteiger charge is 2.25. The van der Waals surface area contributed by atoms with Gasteiger partial charge >= 0.3 is 6.01 Å². The molecule has 0 aliphatic heterocycles. The molecular formula is C22H23F2IN4O5S. The summed E-state index contributed by atoms with van der Waals surface area (Å²) in [5.41, 5.74) is 1.21. The Bertz CT molecular complexity index is 1270. The largest absolute Gasteiger partial charge is 0.418 e. The van der Waals surface area contributed by atoms with Gasteiger partial charge in [-0.1, -0.05) is 12.1 Å². The molecule has 35 heavy (non-hydrogen) atoms. The number of oxazole rings is 1. The summed E-state index contributed by atoms with van der Waals surface area (Å²) in [6, 6.07) is 9.31. The number of hydrogen-bond acceptors (Lipinski definition) is 7. The fourth-order valence-electron chi connectivity index (χ4n) is 3.24. The smallest absolute Gasteiger partial charge is 0.309 e. The number of aromatic nitrogens is 1. The first-order valence-corrected chi connectivity index (χ1v) is 13.3. The van der Waals surface area contributed by atoms with Crippen LogP contribution < -0.4 is 15.4 Å². The van der Waals surface area contributed by atoms with Crippen molar-refractivity contribution in [2.45, 2.75) is 25.1 Å². The maximum atomic E-state index is 13.7. The summed E-state index contributed by atoms with van der Waals surface area (Å²) in [4.78, 5) is 16.4. The number of carbonyl (C=O) groups excluding carboxylic acids is 1. The Morgan fingerprint density at radius 2 is 1.89 bits per heavy atom. The van der Waals surface area contributed by atoms with Gasteiger partial charge in [-0.3, -0.25) is 4.79 Å². The summed E-state index contributed by atoms with van der Waals surface area (Å²) in [5.74, 6) is -2.69. The number of aliphatic hydroxyl groups is 1. The molecular weight excluding hydrogens is 597 g/mol. The van der Waals surface area contributed by atoms with Crippen LogP contribution in [0.25, 0.3) is 0 Å². The molecule has 0 fully saturated rings. The molecule has 1 aromatic heterocycles. The summed E-state index contributed by atoms with van der Waals surface area (Å²) >= 11 is 2.19. The van der Waals surface area contributed by atoms with Crippen LogP contribution in [0.1, 0.15) is 21.7 Å². The van der Waals surface area contributed by atoms with Crippen LogP contribution in [0.3, 0.4) is 0 Å². The van der Waals surface area contributed by atoms with Crippen LogP contribution >= 0.6 is 22.6 Å². The number of amides is 1. The summed E-state index contributed by atoms with van der Waals surface area (Å²) in [7, 11) is -3.67. The van der Waals surface area contributed by atoms with Gasteiger partial charge in [0, 0.05) is 22.7 Å². The van der Waals surface area contributed by atoms with Crippen LogP contribution in [0.4, 0.5) is 14.8 Å². The zero-order valence-corrected chi connectivity index (χ0v) is 21.4. The zero-order chi connectivity index (χ0) is 25.6. The van der Waals surface area contributed by atoms with E-state index in [0.29, 0.717) is 6.54 Å². The van der Waals surface area contributed by atoms with Crippen molar-refractivity contribution in [3.63, 3.8) is 0 Å². The van der Waals surface area contributed by atoms with Gasteiger partial charge in [0.05, 0.1) is 24.6 Å². The second-order valence-corrected chi connectivity index (χ2v) is 10.8. The van der Waals surface area contributed by atoms with E-state index in [1.807, 2.05) is 29.0 Å². The van der Waals surface area contributed by atoms with Crippen molar-refractivity contribution in [3.8, 4) is 0 Å². The Morgan fingerprint density at radius 1 is 1.17 bits per heavy atom. The molecule has 2 aromatic carbocycles. The molecule has 0 unspecified atom stereocenters. The molecule has 1 heterocycles. The van der Waals surface area contributed by atoms with Crippen molar-refractivity contribution in [3.05, 3.63) is 80.8 Å². The first-order chi connectivity index (χ1) is 16.5. The van der Waals surface area contributed by atoms with Gasteiger partial charge in [-0.15, -0.1) is 0 Å². The molecule has 0 spiro atoms. The first-order valence-electron chi connectivity index (χ1n) is 10.3. The predicted molar refractivity (Wildman–Crippen MR) is 133 cm³/mol. The summed E-state index contributed by atoms with van der Waals surface area (Å²) < 4.78 is 58.2. The molecule has 0 aliphatic rings. The van der Waals surface area contributed by atoms with E-state index in [0.717, 1.165) is 39.8 Å². The van der Waals surface area contributed by atoms with Crippen LogP contribution in [0.15, 0.2) is 53.1 Å². The quantitative estimate of drug-likeness (QED) is 0.242. The third-order valence-electron chi connectivity index (χ3n) is 4.73. The summed E-state index contributed by atoms with van der Waals surface area (Å²) in [5, 5.41) is 16.5. The first kappa shape index (κ1) is 27.0. The third-order valence-corrected chi connectivity index (χ3v) is 5.95. The molecule has 0 radical (unpaired) electrons. The summed E-state index contributed by atoms with van der Waals surface area (Å²) in [6.45, 7) is 0.511. The maximum absolute atomic E-state index is 13.7. The normalized spacial score (nSPS) is 13.3. The van der Waals surface area contributed by atoms with Crippen LogP contribution in [0, 0.1) is 15.2 Å². The number of nitrogens with one attached hydrogen (secondary N) is 3. The topological polar surface area (TPSA) is 134 Å². The molecule has 188 valence electrons. The lowest BCUT2D eigenvalue weighted by molar-refractivity contribution is 0.0805. The van der Waals surface area contributed by atoms with Crippen molar-refractivity contribution in [2.75, 3.05) is 17.5 Å². The number of hydrogen-bond donors (Lipinski definition) is 4. The molecule has 4 N–H and O–H groups in total. The fourth-order valence-corrected chi connectivity index (χ4v) is 4.26. The van der Waals surface area contributed by atoms with Crippen molar-refractivity contribution in [1.29, 1.82) is 0 Å². The molecule has 0 saturated heterocycles. The van der Waals surface area contributed by atoms with Crippen LogP contribution in [-0.4, -0.2) is 49.4 Å². The van der Waals surface area contributed by atoms with E-state index in [9.17, 15) is 27.1 Å². The molecule has 0 aliphatic carbocycles. The van der Waals surface area contributed by atoms with E-state index >= 15 is 0 Å². The second kappa shape index (κ2) is 11.9. The highest BCUT2D eigenvalue weighted by atomic mass is 127. The summed E-state index contributed by atoms with van der Waals surface area (Å²) in [6.07, 6.45) is 0.674. The lowest BCUT2D eigenvalue weighted by Crippen LogP contribution is -2.48. The number of carbonyl (C=O) groups is 1. The Morgan fingerprint density at radius 3 is 2.54 bits per heavy atom. The second-order valence-electron chi connectivity index (χ2n) is 7.79. The average molecular weight is 620 g/mol. The molecule has 0 bridgehead atoms. The predicted octanol–water partition coefficient (Wildman–Crippen LogP) is 2.42. The zero-order valence-electron chi connectivity index (χ0n) is 18.5. The number of rotatable bonds is 11. The number of benzene rings is 2. The van der Waals surface area contributed by atoms with Gasteiger partial charge in [0.1, 0.15) is 11.6 Å². The molecule has 2 atom stereocenters. The highest BCUT2D eigenvalue weighted by Crippen LogP contribution is 2.15. The minimum atomic E-state index is -3.67. The minimum Gasteiger partial charge on any atom is -0.418 e. The fraction of sp³-hybridized carbons (Fsp3) is 0.273. The molecule has 1 amide bonds. The van der Waals surface area contributed by atoms with Crippen molar-refractivity contribution < 1.29 is 31.5 Å². The van der Waals surface area contributed by atoms with Crippen LogP contribution in [0.2, 0.25) is 0 Å². The van der Waals surface area contributed by atoms with Crippen molar-refractivity contribution in [1.82, 2.24) is 15.6 Å². The molecule has 9 nitrogen and oxygen atoms in total. The number of nitrogens with zero attached hydrogens (tertiary/aromatic N) is 1. The minimum absolute atomic E-state index is 0.0610. The molecule has 3 rings (SSSR count). The number of aliphatic hydroxyl groups excluding tert-OH is 1. The molecule has 3 aromatic rings. The lowest BCUT2D eigenvalue weighted by atomic mass is 10.0. The Labute approximate surface area is 214 Å². The standard InChI is InChI=1S/C22H23F2IN4O5S/c1-35(32,33)29-22-27-12-20(34-22)21(31)28-18(8-14-5-15(23)9-16(24)6-14)19(30)11-26-10-13-3-2-4-17(25)7-13/h2-7,9,12,18-19,26,30H,8,10-11H2,1H3,(H,27,29)(H,28,31)/t18-,19-/m0/s1. The highest BCUT2D eigenvalue weighted by molar-refractivity contribution is 14.1. The van der Waals surface area contributed by atoms with Crippen LogP contribution in [-0.2, 0) is 23.0 Å². The third kappa shape index (κ3) is 8.83. The van der Waals surface area contributed by atoms with Gasteiger partial charge in [-0.05, 0) is 64.4 Å². The lowest BCUT2D eigenvalue weighted by Gasteiger charge is -2.24. The SMILES string of the molecule is CS(=O)(=O)Nc1ncc(C(=O)N[C@@H](Cc2cc(F)cc(F)c2)[C@@H](O)CNCc2cccc(I)c2)o1. The van der Waals surface area contributed by atoms with Crippen molar-refractivity contribution >= 4 is 44.5 Å². The van der Waals surface area contributed by atoms with E-state index in [-0.39, 0.29) is 24.3 Å².